The van der Waals surface area contributed by atoms with Crippen molar-refractivity contribution in [2.75, 3.05) is 19.6 Å². The summed E-state index contributed by atoms with van der Waals surface area (Å²) in [6.45, 7) is 3.80. The van der Waals surface area contributed by atoms with E-state index in [4.69, 9.17) is 0 Å². The van der Waals surface area contributed by atoms with E-state index in [9.17, 15) is 9.59 Å². The van der Waals surface area contributed by atoms with Gasteiger partial charge >= 0.3 is 0 Å². The van der Waals surface area contributed by atoms with E-state index in [1.807, 2.05) is 4.90 Å². The number of rotatable bonds is 4. The summed E-state index contributed by atoms with van der Waals surface area (Å²) >= 11 is 1.15. The van der Waals surface area contributed by atoms with Crippen molar-refractivity contribution >= 4 is 23.3 Å². The number of carbonyl (C=O) groups is 2. The van der Waals surface area contributed by atoms with Gasteiger partial charge in [-0.2, -0.15) is 0 Å². The smallest absolute Gasteiger partial charge is 0.269 e. The normalized spacial score (nSPS) is 15.3. The van der Waals surface area contributed by atoms with Gasteiger partial charge in [0.1, 0.15) is 10.6 Å². The number of nitrogens with zero attached hydrogens (tertiary/aromatic N) is 4. The van der Waals surface area contributed by atoms with Crippen molar-refractivity contribution in [2.45, 2.75) is 19.8 Å². The number of amides is 2. The lowest BCUT2D eigenvalue weighted by Gasteiger charge is -2.31. The molecule has 0 bridgehead atoms. The average Bonchev–Trinajstić information content (AvgIpc) is 3.06. The summed E-state index contributed by atoms with van der Waals surface area (Å²) < 4.78 is 3.82. The van der Waals surface area contributed by atoms with E-state index in [2.05, 4.69) is 19.9 Å². The number of aryl methyl sites for hydroxylation is 1. The molecule has 0 spiro atoms. The number of nitrogens with one attached hydrogen (secondary N) is 1. The molecule has 126 valence electrons. The molecule has 1 saturated heterocycles. The summed E-state index contributed by atoms with van der Waals surface area (Å²) in [5.74, 6) is 0.237. The highest BCUT2D eigenvalue weighted by molar-refractivity contribution is 7.07. The van der Waals surface area contributed by atoms with Crippen LogP contribution in [0.4, 0.5) is 0 Å². The zero-order valence-electron chi connectivity index (χ0n) is 13.4. The molecule has 3 heterocycles. The van der Waals surface area contributed by atoms with Crippen LogP contribution < -0.4 is 5.32 Å². The highest BCUT2D eigenvalue weighted by atomic mass is 32.1. The molecule has 0 radical (unpaired) electrons. The van der Waals surface area contributed by atoms with E-state index < -0.39 is 0 Å². The second kappa shape index (κ2) is 7.48. The van der Waals surface area contributed by atoms with Crippen LogP contribution in [0, 0.1) is 12.8 Å². The summed E-state index contributed by atoms with van der Waals surface area (Å²) in [4.78, 5) is 30.9. The van der Waals surface area contributed by atoms with E-state index in [0.717, 1.165) is 24.4 Å². The number of aromatic nitrogens is 3. The first-order chi connectivity index (χ1) is 11.6. The summed E-state index contributed by atoms with van der Waals surface area (Å²) in [6.07, 6.45) is 3.36. The van der Waals surface area contributed by atoms with E-state index in [1.165, 1.54) is 0 Å². The van der Waals surface area contributed by atoms with Gasteiger partial charge in [-0.05, 0) is 49.3 Å². The molecule has 1 aliphatic rings. The Balaban J connectivity index is 1.46. The van der Waals surface area contributed by atoms with Crippen LogP contribution in [0.2, 0.25) is 0 Å². The lowest BCUT2D eigenvalue weighted by molar-refractivity contribution is 0.0688. The first-order valence-corrected chi connectivity index (χ1v) is 8.70. The Morgan fingerprint density at radius 1 is 1.33 bits per heavy atom. The van der Waals surface area contributed by atoms with Crippen molar-refractivity contribution < 1.29 is 9.59 Å². The highest BCUT2D eigenvalue weighted by Gasteiger charge is 2.26. The summed E-state index contributed by atoms with van der Waals surface area (Å²) in [5, 5.41) is 6.82. The summed E-state index contributed by atoms with van der Waals surface area (Å²) in [7, 11) is 0. The molecule has 7 nitrogen and oxygen atoms in total. The minimum absolute atomic E-state index is 0.0125. The van der Waals surface area contributed by atoms with Crippen LogP contribution in [0.1, 0.15) is 38.7 Å². The largest absolute Gasteiger partial charge is 0.350 e. The number of hydrogen-bond donors (Lipinski definition) is 1. The first-order valence-electron chi connectivity index (χ1n) is 7.92. The summed E-state index contributed by atoms with van der Waals surface area (Å²) in [6, 6.07) is 5.27. The van der Waals surface area contributed by atoms with Gasteiger partial charge in [-0.15, -0.1) is 5.10 Å². The van der Waals surface area contributed by atoms with Crippen molar-refractivity contribution in [3.8, 4) is 0 Å². The van der Waals surface area contributed by atoms with Gasteiger partial charge in [-0.25, -0.2) is 0 Å². The minimum Gasteiger partial charge on any atom is -0.350 e. The molecular weight excluding hydrogens is 326 g/mol. The summed E-state index contributed by atoms with van der Waals surface area (Å²) in [5.41, 5.74) is 1.12. The Morgan fingerprint density at radius 2 is 2.12 bits per heavy atom. The van der Waals surface area contributed by atoms with Crippen molar-refractivity contribution in [3.05, 3.63) is 40.7 Å². The monoisotopic (exact) mass is 345 g/mol. The first kappa shape index (κ1) is 16.5. The van der Waals surface area contributed by atoms with Crippen LogP contribution >= 0.6 is 11.5 Å². The molecule has 0 aliphatic carbocycles. The molecule has 3 rings (SSSR count). The van der Waals surface area contributed by atoms with Crippen molar-refractivity contribution in [1.82, 2.24) is 24.8 Å². The minimum atomic E-state index is -0.152. The third-order valence-electron chi connectivity index (χ3n) is 4.20. The predicted octanol–water partition coefficient (Wildman–Crippen LogP) is 1.52. The van der Waals surface area contributed by atoms with Crippen LogP contribution in [0.3, 0.4) is 0 Å². The van der Waals surface area contributed by atoms with E-state index >= 15 is 0 Å². The number of carbonyl (C=O) groups excluding carboxylic acids is 2. The maximum atomic E-state index is 12.4. The van der Waals surface area contributed by atoms with Gasteiger partial charge < -0.3 is 10.2 Å². The van der Waals surface area contributed by atoms with Gasteiger partial charge in [0.05, 0.1) is 5.69 Å². The molecule has 2 aromatic rings. The third kappa shape index (κ3) is 3.76. The maximum absolute atomic E-state index is 12.4. The lowest BCUT2D eigenvalue weighted by atomic mass is 9.96. The molecule has 0 saturated carbocycles. The highest BCUT2D eigenvalue weighted by Crippen LogP contribution is 2.20. The Morgan fingerprint density at radius 3 is 2.75 bits per heavy atom. The van der Waals surface area contributed by atoms with Crippen molar-refractivity contribution in [1.29, 1.82) is 0 Å². The Bertz CT molecular complexity index is 710. The van der Waals surface area contributed by atoms with Gasteiger partial charge in [-0.3, -0.25) is 14.6 Å². The molecule has 0 atom stereocenters. The van der Waals surface area contributed by atoms with Gasteiger partial charge in [0, 0.05) is 25.8 Å². The standard InChI is InChI=1S/C16H19N5O2S/c1-11-14(24-20-19-11)16(23)21-8-5-12(6-9-21)10-18-15(22)13-4-2-3-7-17-13/h2-4,7,12H,5-6,8-10H2,1H3,(H,18,22). The van der Waals surface area contributed by atoms with Crippen molar-refractivity contribution in [3.63, 3.8) is 0 Å². The topological polar surface area (TPSA) is 88.1 Å². The zero-order chi connectivity index (χ0) is 16.9. The molecule has 8 heteroatoms. The number of likely N-dealkylation sites (tertiary alicyclic amines) is 1. The van der Waals surface area contributed by atoms with Crippen LogP contribution in [-0.4, -0.2) is 50.9 Å². The molecular formula is C16H19N5O2S. The Hall–Kier alpha value is -2.35. The van der Waals surface area contributed by atoms with Crippen molar-refractivity contribution in [2.24, 2.45) is 5.92 Å². The third-order valence-corrected chi connectivity index (χ3v) is 5.01. The zero-order valence-corrected chi connectivity index (χ0v) is 14.3. The molecule has 2 amide bonds. The second-order valence-corrected chi connectivity index (χ2v) is 6.60. The average molecular weight is 345 g/mol. The molecule has 2 aromatic heterocycles. The van der Waals surface area contributed by atoms with Crippen LogP contribution in [0.5, 0.6) is 0 Å². The van der Waals surface area contributed by atoms with Crippen LogP contribution in [0.25, 0.3) is 0 Å². The van der Waals surface area contributed by atoms with Gasteiger partial charge in [0.2, 0.25) is 0 Å². The fraction of sp³-hybridized carbons (Fsp3) is 0.438. The molecule has 1 N–H and O–H groups in total. The van der Waals surface area contributed by atoms with E-state index in [-0.39, 0.29) is 11.8 Å². The molecule has 24 heavy (non-hydrogen) atoms. The predicted molar refractivity (Wildman–Crippen MR) is 89.8 cm³/mol. The maximum Gasteiger partial charge on any atom is 0.269 e. The molecule has 0 unspecified atom stereocenters. The Kier molecular flexibility index (Phi) is 5.14. The van der Waals surface area contributed by atoms with E-state index in [1.54, 1.807) is 31.3 Å². The number of pyridine rings is 1. The SMILES string of the molecule is Cc1nnsc1C(=O)N1CCC(CNC(=O)c2ccccn2)CC1. The van der Waals surface area contributed by atoms with E-state index in [0.29, 0.717) is 41.8 Å². The lowest BCUT2D eigenvalue weighted by Crippen LogP contribution is -2.41. The van der Waals surface area contributed by atoms with Crippen LogP contribution in [0.15, 0.2) is 24.4 Å². The molecule has 1 aliphatic heterocycles. The second-order valence-electron chi connectivity index (χ2n) is 5.85. The quantitative estimate of drug-likeness (QED) is 0.908. The van der Waals surface area contributed by atoms with Gasteiger partial charge in [0.15, 0.2) is 0 Å². The van der Waals surface area contributed by atoms with Crippen LogP contribution in [-0.2, 0) is 0 Å². The number of hydrogen-bond acceptors (Lipinski definition) is 6. The van der Waals surface area contributed by atoms with Gasteiger partial charge in [-0.1, -0.05) is 10.6 Å². The Labute approximate surface area is 144 Å². The fourth-order valence-electron chi connectivity index (χ4n) is 2.74. The molecule has 1 fully saturated rings. The van der Waals surface area contributed by atoms with Gasteiger partial charge in [0.25, 0.3) is 11.8 Å². The number of piperidine rings is 1. The fourth-order valence-corrected chi connectivity index (χ4v) is 3.36. The molecule has 0 aromatic carbocycles.